The Morgan fingerprint density at radius 2 is 2.17 bits per heavy atom. The van der Waals surface area contributed by atoms with Crippen LogP contribution in [0, 0.1) is 11.7 Å². The number of carbonyl (C=O) groups excluding carboxylic acids is 1. The molecule has 1 fully saturated rings. The molecule has 1 aliphatic heterocycles. The van der Waals surface area contributed by atoms with E-state index in [1.165, 1.54) is 25.0 Å². The van der Waals surface area contributed by atoms with Gasteiger partial charge in [0.15, 0.2) is 0 Å². The minimum atomic E-state index is -0.296. The average Bonchev–Trinajstić information content (AvgIpc) is 2.35. The van der Waals surface area contributed by atoms with Gasteiger partial charge in [-0.2, -0.15) is 0 Å². The van der Waals surface area contributed by atoms with Crippen LogP contribution in [-0.4, -0.2) is 18.5 Å². The molecule has 1 aromatic rings. The van der Waals surface area contributed by atoms with Gasteiger partial charge in [0.25, 0.3) is 0 Å². The number of hydrogen-bond donors (Lipinski definition) is 2. The van der Waals surface area contributed by atoms with Crippen LogP contribution >= 0.6 is 0 Å². The normalized spacial score (nSPS) is 23.7. The van der Waals surface area contributed by atoms with Crippen LogP contribution in [0.15, 0.2) is 24.3 Å². The van der Waals surface area contributed by atoms with E-state index >= 15 is 0 Å². The van der Waals surface area contributed by atoms with Crippen molar-refractivity contribution >= 4 is 11.6 Å². The minimum absolute atomic E-state index is 0.0205. The highest BCUT2D eigenvalue weighted by atomic mass is 19.1. The fourth-order valence-electron chi connectivity index (χ4n) is 2.33. The topological polar surface area (TPSA) is 41.1 Å². The fraction of sp³-hybridized carbons (Fsp3) is 0.500. The largest absolute Gasteiger partial charge is 0.326 e. The van der Waals surface area contributed by atoms with Gasteiger partial charge in [-0.05, 0) is 49.6 Å². The van der Waals surface area contributed by atoms with Gasteiger partial charge in [-0.25, -0.2) is 4.39 Å². The first-order chi connectivity index (χ1) is 8.65. The molecule has 2 N–H and O–H groups in total. The molecule has 2 rings (SSSR count). The molecule has 98 valence electrons. The molecule has 0 radical (unpaired) electrons. The van der Waals surface area contributed by atoms with E-state index in [4.69, 9.17) is 0 Å². The predicted molar refractivity (Wildman–Crippen MR) is 69.8 cm³/mol. The predicted octanol–water partition coefficient (Wildman–Crippen LogP) is 2.54. The lowest BCUT2D eigenvalue weighted by Gasteiger charge is -2.29. The number of halogens is 1. The van der Waals surface area contributed by atoms with E-state index in [2.05, 4.69) is 17.6 Å². The van der Waals surface area contributed by atoms with Crippen LogP contribution in [0.5, 0.6) is 0 Å². The molecule has 0 saturated carbocycles. The van der Waals surface area contributed by atoms with Crippen LogP contribution in [0.25, 0.3) is 0 Å². The second-order valence-electron chi connectivity index (χ2n) is 4.94. The van der Waals surface area contributed by atoms with Crippen molar-refractivity contribution in [3.05, 3.63) is 30.1 Å². The number of rotatable bonds is 3. The van der Waals surface area contributed by atoms with Gasteiger partial charge in [0.2, 0.25) is 5.91 Å². The first-order valence-electron chi connectivity index (χ1n) is 6.44. The smallest absolute Gasteiger partial charge is 0.225 e. The first-order valence-corrected chi connectivity index (χ1v) is 6.44. The standard InChI is InChI=1S/C14H19FN2O/c1-10-3-2-8-16-13(10)9-14(18)17-12-6-4-11(15)5-7-12/h4-7,10,13,16H,2-3,8-9H2,1H3,(H,17,18). The first kappa shape index (κ1) is 13.0. The summed E-state index contributed by atoms with van der Waals surface area (Å²) in [6.45, 7) is 3.15. The van der Waals surface area contributed by atoms with Gasteiger partial charge >= 0.3 is 0 Å². The average molecular weight is 250 g/mol. The summed E-state index contributed by atoms with van der Waals surface area (Å²) in [6.07, 6.45) is 2.82. The molecule has 1 saturated heterocycles. The van der Waals surface area contributed by atoms with Crippen molar-refractivity contribution in [2.75, 3.05) is 11.9 Å². The lowest BCUT2D eigenvalue weighted by Crippen LogP contribution is -2.42. The summed E-state index contributed by atoms with van der Waals surface area (Å²) in [6, 6.07) is 6.09. The Morgan fingerprint density at radius 3 is 2.83 bits per heavy atom. The maximum Gasteiger partial charge on any atom is 0.225 e. The van der Waals surface area contributed by atoms with Gasteiger partial charge in [-0.1, -0.05) is 6.92 Å². The van der Waals surface area contributed by atoms with Crippen LogP contribution in [0.3, 0.4) is 0 Å². The number of piperidine rings is 1. The molecule has 0 spiro atoms. The number of hydrogen-bond acceptors (Lipinski definition) is 2. The molecule has 18 heavy (non-hydrogen) atoms. The summed E-state index contributed by atoms with van der Waals surface area (Å²) >= 11 is 0. The summed E-state index contributed by atoms with van der Waals surface area (Å²) in [5.74, 6) is 0.209. The van der Waals surface area contributed by atoms with E-state index in [-0.39, 0.29) is 17.8 Å². The number of amides is 1. The highest BCUT2D eigenvalue weighted by Gasteiger charge is 2.23. The third kappa shape index (κ3) is 3.53. The van der Waals surface area contributed by atoms with E-state index in [0.29, 0.717) is 18.0 Å². The third-order valence-electron chi connectivity index (χ3n) is 3.46. The highest BCUT2D eigenvalue weighted by Crippen LogP contribution is 2.18. The zero-order valence-corrected chi connectivity index (χ0v) is 10.6. The number of nitrogens with one attached hydrogen (secondary N) is 2. The van der Waals surface area contributed by atoms with Gasteiger partial charge in [-0.15, -0.1) is 0 Å². The zero-order valence-electron chi connectivity index (χ0n) is 10.6. The number of anilines is 1. The zero-order chi connectivity index (χ0) is 13.0. The second kappa shape index (κ2) is 5.96. The van der Waals surface area contributed by atoms with Gasteiger partial charge in [0.05, 0.1) is 0 Å². The Labute approximate surface area is 107 Å². The molecule has 4 heteroatoms. The molecule has 1 heterocycles. The van der Waals surface area contributed by atoms with Gasteiger partial charge in [0, 0.05) is 18.2 Å². The van der Waals surface area contributed by atoms with Crippen LogP contribution in [-0.2, 0) is 4.79 Å². The third-order valence-corrected chi connectivity index (χ3v) is 3.46. The number of benzene rings is 1. The highest BCUT2D eigenvalue weighted by molar-refractivity contribution is 5.91. The van der Waals surface area contributed by atoms with Crippen LogP contribution in [0.1, 0.15) is 26.2 Å². The van der Waals surface area contributed by atoms with Crippen molar-refractivity contribution in [3.63, 3.8) is 0 Å². The maximum atomic E-state index is 12.7. The van der Waals surface area contributed by atoms with Crippen molar-refractivity contribution in [3.8, 4) is 0 Å². The molecule has 2 atom stereocenters. The lowest BCUT2D eigenvalue weighted by atomic mass is 9.90. The van der Waals surface area contributed by atoms with E-state index in [1.807, 2.05) is 0 Å². The lowest BCUT2D eigenvalue weighted by molar-refractivity contribution is -0.117. The summed E-state index contributed by atoms with van der Waals surface area (Å²) in [4.78, 5) is 11.9. The SMILES string of the molecule is CC1CCCNC1CC(=O)Nc1ccc(F)cc1. The van der Waals surface area contributed by atoms with E-state index < -0.39 is 0 Å². The Bertz CT molecular complexity index is 405. The van der Waals surface area contributed by atoms with Gasteiger partial charge in [-0.3, -0.25) is 4.79 Å². The Kier molecular flexibility index (Phi) is 4.31. The van der Waals surface area contributed by atoms with E-state index in [0.717, 1.165) is 6.54 Å². The van der Waals surface area contributed by atoms with Crippen molar-refractivity contribution in [1.82, 2.24) is 5.32 Å². The van der Waals surface area contributed by atoms with Crippen LogP contribution in [0.4, 0.5) is 10.1 Å². The molecule has 1 aromatic carbocycles. The molecule has 0 bridgehead atoms. The Hall–Kier alpha value is -1.42. The molecule has 0 aromatic heterocycles. The summed E-state index contributed by atoms with van der Waals surface area (Å²) in [5.41, 5.74) is 0.643. The van der Waals surface area contributed by atoms with Crippen molar-refractivity contribution < 1.29 is 9.18 Å². The van der Waals surface area contributed by atoms with Gasteiger partial charge < -0.3 is 10.6 Å². The molecular weight excluding hydrogens is 231 g/mol. The van der Waals surface area contributed by atoms with Crippen LogP contribution in [0.2, 0.25) is 0 Å². The minimum Gasteiger partial charge on any atom is -0.326 e. The van der Waals surface area contributed by atoms with E-state index in [9.17, 15) is 9.18 Å². The molecule has 1 amide bonds. The summed E-state index contributed by atoms with van der Waals surface area (Å²) in [5, 5.41) is 6.17. The monoisotopic (exact) mass is 250 g/mol. The van der Waals surface area contributed by atoms with Crippen LogP contribution < -0.4 is 10.6 Å². The van der Waals surface area contributed by atoms with Crippen molar-refractivity contribution in [2.24, 2.45) is 5.92 Å². The molecule has 3 nitrogen and oxygen atoms in total. The van der Waals surface area contributed by atoms with Crippen molar-refractivity contribution in [2.45, 2.75) is 32.2 Å². The summed E-state index contributed by atoms with van der Waals surface area (Å²) in [7, 11) is 0. The molecular formula is C14H19FN2O. The second-order valence-corrected chi connectivity index (χ2v) is 4.94. The molecule has 2 unspecified atom stereocenters. The maximum absolute atomic E-state index is 12.7. The quantitative estimate of drug-likeness (QED) is 0.865. The number of carbonyl (C=O) groups is 1. The molecule has 1 aliphatic rings. The summed E-state index contributed by atoms with van der Waals surface area (Å²) < 4.78 is 12.7. The fourth-order valence-corrected chi connectivity index (χ4v) is 2.33. The molecule has 0 aliphatic carbocycles. The van der Waals surface area contributed by atoms with Gasteiger partial charge in [0.1, 0.15) is 5.82 Å². The van der Waals surface area contributed by atoms with E-state index in [1.54, 1.807) is 12.1 Å². The Balaban J connectivity index is 1.86. The van der Waals surface area contributed by atoms with Crippen molar-refractivity contribution in [1.29, 1.82) is 0 Å². The Morgan fingerprint density at radius 1 is 1.44 bits per heavy atom.